The zero-order valence-electron chi connectivity index (χ0n) is 20.8. The number of amides is 1. The van der Waals surface area contributed by atoms with Crippen molar-refractivity contribution < 1.29 is 9.90 Å². The zero-order valence-corrected chi connectivity index (χ0v) is 20.8. The van der Waals surface area contributed by atoms with Gasteiger partial charge in [0.05, 0.1) is 17.8 Å². The molecule has 1 amide bonds. The van der Waals surface area contributed by atoms with Gasteiger partial charge in [0, 0.05) is 30.9 Å². The van der Waals surface area contributed by atoms with Gasteiger partial charge in [-0.3, -0.25) is 15.2 Å². The lowest BCUT2D eigenvalue weighted by Gasteiger charge is -2.32. The minimum Gasteiger partial charge on any atom is -0.390 e. The summed E-state index contributed by atoms with van der Waals surface area (Å²) in [4.78, 5) is 17.3. The van der Waals surface area contributed by atoms with E-state index in [0.29, 0.717) is 13.0 Å². The molecule has 3 atom stereocenters. The predicted molar refractivity (Wildman–Crippen MR) is 140 cm³/mol. The number of carbonyl (C=O) groups excluding carboxylic acids is 1. The summed E-state index contributed by atoms with van der Waals surface area (Å²) in [5.41, 5.74) is 18.9. The Morgan fingerprint density at radius 2 is 1.63 bits per heavy atom. The molecule has 6 N–H and O–H groups in total. The molecule has 186 valence electrons. The van der Waals surface area contributed by atoms with Crippen LogP contribution in [0.3, 0.4) is 0 Å². The minimum absolute atomic E-state index is 0.165. The van der Waals surface area contributed by atoms with E-state index in [4.69, 9.17) is 11.5 Å². The van der Waals surface area contributed by atoms with Gasteiger partial charge in [-0.1, -0.05) is 81.4 Å². The van der Waals surface area contributed by atoms with Gasteiger partial charge in [-0.2, -0.15) is 0 Å². The summed E-state index contributed by atoms with van der Waals surface area (Å²) in [5.74, 6) is -0.300. The van der Waals surface area contributed by atoms with Gasteiger partial charge in [-0.15, -0.1) is 0 Å². The van der Waals surface area contributed by atoms with E-state index >= 15 is 0 Å². The van der Waals surface area contributed by atoms with E-state index < -0.39 is 23.6 Å². The lowest BCUT2D eigenvalue weighted by Crippen LogP contribution is -2.56. The second kappa shape index (κ2) is 12.0. The van der Waals surface area contributed by atoms with Gasteiger partial charge in [-0.25, -0.2) is 5.01 Å². The summed E-state index contributed by atoms with van der Waals surface area (Å²) < 4.78 is 0. The summed E-state index contributed by atoms with van der Waals surface area (Å²) in [6, 6.07) is 22.4. The molecule has 3 aromatic rings. The molecule has 0 aliphatic heterocycles. The summed E-state index contributed by atoms with van der Waals surface area (Å²) in [7, 11) is 0. The number of aliphatic hydroxyl groups excluding tert-OH is 1. The molecule has 0 saturated carbocycles. The van der Waals surface area contributed by atoms with E-state index in [9.17, 15) is 9.90 Å². The third kappa shape index (κ3) is 7.97. The van der Waals surface area contributed by atoms with Gasteiger partial charge in [0.1, 0.15) is 0 Å². The number of hydrogen-bond donors (Lipinski definition) is 4. The molecular weight excluding hydrogens is 438 g/mol. The molecule has 0 fully saturated rings. The Morgan fingerprint density at radius 1 is 0.971 bits per heavy atom. The fourth-order valence-corrected chi connectivity index (χ4v) is 3.69. The zero-order chi connectivity index (χ0) is 25.4. The van der Waals surface area contributed by atoms with Gasteiger partial charge < -0.3 is 16.6 Å². The maximum absolute atomic E-state index is 12.9. The normalized spacial score (nSPS) is 14.4. The van der Waals surface area contributed by atoms with Crippen LogP contribution in [0.2, 0.25) is 0 Å². The minimum atomic E-state index is -0.853. The molecule has 35 heavy (non-hydrogen) atoms. The smallest absolute Gasteiger partial charge is 0.251 e. The Balaban J connectivity index is 1.72. The van der Waals surface area contributed by atoms with Crippen LogP contribution < -0.4 is 16.9 Å². The number of nitrogens with two attached hydrogens (primary N) is 2. The Labute approximate surface area is 208 Å². The third-order valence-corrected chi connectivity index (χ3v) is 5.99. The van der Waals surface area contributed by atoms with Crippen molar-refractivity contribution >= 4 is 5.91 Å². The van der Waals surface area contributed by atoms with Crippen molar-refractivity contribution in [2.45, 2.75) is 51.9 Å². The number of carbonyl (C=O) groups is 1. The van der Waals surface area contributed by atoms with Gasteiger partial charge in [-0.05, 0) is 35.1 Å². The molecule has 0 aliphatic rings. The van der Waals surface area contributed by atoms with Crippen molar-refractivity contribution in [1.29, 1.82) is 0 Å². The van der Waals surface area contributed by atoms with Gasteiger partial charge in [0.25, 0.3) is 5.91 Å². The number of hydrogen-bond acceptors (Lipinski definition) is 6. The highest BCUT2D eigenvalue weighted by atomic mass is 16.3. The first-order valence-electron chi connectivity index (χ1n) is 11.9. The molecule has 1 heterocycles. The number of pyridine rings is 1. The van der Waals surface area contributed by atoms with Crippen molar-refractivity contribution in [2.24, 2.45) is 16.9 Å². The molecule has 7 nitrogen and oxygen atoms in total. The van der Waals surface area contributed by atoms with E-state index in [1.54, 1.807) is 11.2 Å². The lowest BCUT2D eigenvalue weighted by molar-refractivity contribution is -0.130. The number of nitrogens with zero attached hydrogens (tertiary/aromatic N) is 2. The fraction of sp³-hybridized carbons (Fsp3) is 0.357. The molecule has 0 unspecified atom stereocenters. The highest BCUT2D eigenvalue weighted by Crippen LogP contribution is 2.19. The first kappa shape index (κ1) is 26.5. The van der Waals surface area contributed by atoms with Crippen LogP contribution in [0.5, 0.6) is 0 Å². The van der Waals surface area contributed by atoms with E-state index in [-0.39, 0.29) is 12.5 Å². The largest absolute Gasteiger partial charge is 0.390 e. The average Bonchev–Trinajstić information content (AvgIpc) is 2.84. The predicted octanol–water partition coefficient (Wildman–Crippen LogP) is 2.89. The monoisotopic (exact) mass is 475 g/mol. The Kier molecular flexibility index (Phi) is 9.12. The summed E-state index contributed by atoms with van der Waals surface area (Å²) in [6.07, 6.45) is 1.44. The van der Waals surface area contributed by atoms with Crippen LogP contribution in [0.1, 0.15) is 31.9 Å². The maximum Gasteiger partial charge on any atom is 0.251 e. The van der Waals surface area contributed by atoms with Gasteiger partial charge in [0.2, 0.25) is 0 Å². The van der Waals surface area contributed by atoms with Crippen LogP contribution in [0.25, 0.3) is 11.3 Å². The van der Waals surface area contributed by atoms with Crippen molar-refractivity contribution in [2.75, 3.05) is 6.54 Å². The molecule has 0 spiro atoms. The van der Waals surface area contributed by atoms with Crippen LogP contribution in [-0.2, 0) is 17.8 Å². The Morgan fingerprint density at radius 3 is 2.23 bits per heavy atom. The molecule has 0 radical (unpaired) electrons. The molecule has 7 heteroatoms. The third-order valence-electron chi connectivity index (χ3n) is 5.99. The van der Waals surface area contributed by atoms with Crippen LogP contribution >= 0.6 is 0 Å². The van der Waals surface area contributed by atoms with Gasteiger partial charge >= 0.3 is 0 Å². The van der Waals surface area contributed by atoms with Crippen molar-refractivity contribution in [3.05, 3.63) is 90.1 Å². The summed E-state index contributed by atoms with van der Waals surface area (Å²) in [5, 5.41) is 12.6. The summed E-state index contributed by atoms with van der Waals surface area (Å²) in [6.45, 7) is 6.31. The standard InChI is InChI=1S/C28H37N5O2/c1-28(2,3)26(30)27(35)32-33(19-25(34)23(29)17-20-9-5-4-6-10-20)18-21-12-14-22(15-13-21)24-11-7-8-16-31-24/h4-16,23,25-26,34H,17-19,29-30H2,1-3H3,(H,32,35)/t23-,25+,26+/m0/s1. The highest BCUT2D eigenvalue weighted by molar-refractivity contribution is 5.81. The molecule has 1 aromatic heterocycles. The molecule has 0 saturated heterocycles. The molecule has 0 bridgehead atoms. The van der Waals surface area contributed by atoms with Crippen molar-refractivity contribution in [1.82, 2.24) is 15.4 Å². The van der Waals surface area contributed by atoms with E-state index in [1.165, 1.54) is 0 Å². The number of aliphatic hydroxyl groups is 1. The van der Waals surface area contributed by atoms with Crippen LogP contribution in [0.4, 0.5) is 0 Å². The highest BCUT2D eigenvalue weighted by Gasteiger charge is 2.29. The first-order chi connectivity index (χ1) is 16.6. The van der Waals surface area contributed by atoms with Crippen LogP contribution in [0, 0.1) is 5.41 Å². The van der Waals surface area contributed by atoms with Gasteiger partial charge in [0.15, 0.2) is 0 Å². The van der Waals surface area contributed by atoms with Crippen molar-refractivity contribution in [3.8, 4) is 11.3 Å². The van der Waals surface area contributed by atoms with Crippen LogP contribution in [-0.4, -0.2) is 45.7 Å². The number of benzene rings is 2. The Bertz CT molecular complexity index is 1050. The topological polar surface area (TPSA) is 118 Å². The number of rotatable bonds is 10. The lowest BCUT2D eigenvalue weighted by atomic mass is 9.87. The second-order valence-corrected chi connectivity index (χ2v) is 10.0. The molecule has 0 aliphatic carbocycles. The Hall–Kier alpha value is -3.10. The van der Waals surface area contributed by atoms with Crippen LogP contribution in [0.15, 0.2) is 79.0 Å². The van der Waals surface area contributed by atoms with Crippen molar-refractivity contribution in [3.63, 3.8) is 0 Å². The average molecular weight is 476 g/mol. The fourth-order valence-electron chi connectivity index (χ4n) is 3.69. The maximum atomic E-state index is 12.9. The number of nitrogens with one attached hydrogen (secondary N) is 1. The second-order valence-electron chi connectivity index (χ2n) is 10.0. The molecule has 2 aromatic carbocycles. The SMILES string of the molecule is CC(C)(C)[C@H](N)C(=O)NN(Cc1ccc(-c2ccccn2)cc1)C[C@@H](O)[C@@H](N)Cc1ccccc1. The number of hydrazine groups is 1. The number of aromatic nitrogens is 1. The summed E-state index contributed by atoms with van der Waals surface area (Å²) >= 11 is 0. The first-order valence-corrected chi connectivity index (χ1v) is 11.9. The quantitative estimate of drug-likeness (QED) is 0.335. The van der Waals surface area contributed by atoms with E-state index in [2.05, 4.69) is 10.4 Å². The van der Waals surface area contributed by atoms with E-state index in [0.717, 1.165) is 22.4 Å². The molecular formula is C28H37N5O2. The molecule has 3 rings (SSSR count). The van der Waals surface area contributed by atoms with E-state index in [1.807, 2.05) is 93.6 Å².